The number of carbonyl (C=O) groups excluding carboxylic acids is 3. The summed E-state index contributed by atoms with van der Waals surface area (Å²) in [5, 5.41) is 12.7. The quantitative estimate of drug-likeness (QED) is 0.477. The number of rotatable bonds is 6. The van der Waals surface area contributed by atoms with Crippen molar-refractivity contribution in [2.45, 2.75) is 57.4 Å². The zero-order chi connectivity index (χ0) is 25.1. The summed E-state index contributed by atoms with van der Waals surface area (Å²) in [6, 6.07) is 12.8. The second-order valence-electron chi connectivity index (χ2n) is 9.45. The van der Waals surface area contributed by atoms with Gasteiger partial charge in [-0.25, -0.2) is 0 Å². The number of benzene rings is 2. The Balaban J connectivity index is 1.23. The van der Waals surface area contributed by atoms with Gasteiger partial charge in [0.25, 0.3) is 5.91 Å². The molecule has 0 aromatic heterocycles. The molecule has 0 aliphatic carbocycles. The Morgan fingerprint density at radius 2 is 1.83 bits per heavy atom. The van der Waals surface area contributed by atoms with Crippen LogP contribution in [0, 0.1) is 0 Å². The molecule has 3 amide bonds. The molecule has 2 unspecified atom stereocenters. The Morgan fingerprint density at radius 3 is 2.64 bits per heavy atom. The van der Waals surface area contributed by atoms with Gasteiger partial charge >= 0.3 is 0 Å². The maximum absolute atomic E-state index is 13.0. The van der Waals surface area contributed by atoms with Crippen LogP contribution in [0.15, 0.2) is 54.1 Å². The molecule has 0 bridgehead atoms. The van der Waals surface area contributed by atoms with Gasteiger partial charge in [-0.15, -0.1) is 0 Å². The first-order chi connectivity index (χ1) is 17.5. The van der Waals surface area contributed by atoms with Crippen molar-refractivity contribution in [3.05, 3.63) is 76.4 Å². The molecule has 0 spiro atoms. The zero-order valence-electron chi connectivity index (χ0n) is 20.1. The van der Waals surface area contributed by atoms with Gasteiger partial charge in [0.05, 0.1) is 19.3 Å². The summed E-state index contributed by atoms with van der Waals surface area (Å²) in [5.74, 6) is -0.329. The van der Waals surface area contributed by atoms with Crippen LogP contribution in [-0.2, 0) is 33.9 Å². The van der Waals surface area contributed by atoms with Crippen LogP contribution in [0.2, 0.25) is 0 Å². The van der Waals surface area contributed by atoms with E-state index >= 15 is 0 Å². The fourth-order valence-electron chi connectivity index (χ4n) is 4.98. The third kappa shape index (κ3) is 5.20. The summed E-state index contributed by atoms with van der Waals surface area (Å²) in [6.45, 7) is 1.88. The molecule has 0 saturated carbocycles. The highest BCUT2D eigenvalue weighted by molar-refractivity contribution is 6.05. The number of nitrogens with one attached hydrogen (secondary N) is 1. The third-order valence-electron chi connectivity index (χ3n) is 7.00. The van der Waals surface area contributed by atoms with Crippen molar-refractivity contribution >= 4 is 17.7 Å². The van der Waals surface area contributed by atoms with Crippen molar-refractivity contribution in [2.24, 2.45) is 0 Å². The van der Waals surface area contributed by atoms with E-state index in [-0.39, 0.29) is 24.8 Å². The van der Waals surface area contributed by atoms with Gasteiger partial charge in [-0.3, -0.25) is 19.7 Å². The monoisotopic (exact) mass is 490 g/mol. The van der Waals surface area contributed by atoms with E-state index in [1.54, 1.807) is 12.1 Å². The van der Waals surface area contributed by atoms with Crippen LogP contribution in [-0.4, -0.2) is 53.1 Å². The zero-order valence-corrected chi connectivity index (χ0v) is 20.1. The van der Waals surface area contributed by atoms with Crippen molar-refractivity contribution in [3.63, 3.8) is 0 Å². The molecule has 188 valence electrons. The fourth-order valence-corrected chi connectivity index (χ4v) is 4.98. The highest BCUT2D eigenvalue weighted by atomic mass is 16.5. The number of piperidine rings is 1. The van der Waals surface area contributed by atoms with Crippen molar-refractivity contribution in [1.82, 2.24) is 10.2 Å². The molecule has 8 heteroatoms. The highest BCUT2D eigenvalue weighted by Crippen LogP contribution is 2.34. The molecule has 1 fully saturated rings. The largest absolute Gasteiger partial charge is 0.489 e. The normalized spacial score (nSPS) is 23.9. The molecular weight excluding hydrogens is 460 g/mol. The Morgan fingerprint density at radius 1 is 1.03 bits per heavy atom. The summed E-state index contributed by atoms with van der Waals surface area (Å²) < 4.78 is 11.5. The lowest BCUT2D eigenvalue weighted by molar-refractivity contribution is -0.136. The first kappa shape index (κ1) is 24.2. The number of imide groups is 1. The number of aliphatic hydroxyl groups is 1. The third-order valence-corrected chi connectivity index (χ3v) is 7.00. The smallest absolute Gasteiger partial charge is 0.255 e. The van der Waals surface area contributed by atoms with Gasteiger partial charge in [-0.1, -0.05) is 36.4 Å². The molecule has 2 atom stereocenters. The maximum Gasteiger partial charge on any atom is 0.255 e. The van der Waals surface area contributed by atoms with Crippen LogP contribution < -0.4 is 10.1 Å². The fraction of sp³-hybridized carbons (Fsp3) is 0.393. The van der Waals surface area contributed by atoms with Gasteiger partial charge in [0.1, 0.15) is 18.4 Å². The average molecular weight is 491 g/mol. The Labute approximate surface area is 209 Å². The average Bonchev–Trinajstić information content (AvgIpc) is 3.20. The summed E-state index contributed by atoms with van der Waals surface area (Å²) in [5.41, 5.74) is 4.44. The number of carbonyl (C=O) groups is 3. The second-order valence-corrected chi connectivity index (χ2v) is 9.45. The minimum atomic E-state index is -0.651. The molecule has 8 nitrogen and oxygen atoms in total. The van der Waals surface area contributed by atoms with E-state index in [1.807, 2.05) is 30.3 Å². The molecule has 1 saturated heterocycles. The van der Waals surface area contributed by atoms with E-state index in [9.17, 15) is 19.5 Å². The van der Waals surface area contributed by atoms with Gasteiger partial charge in [0, 0.05) is 30.6 Å². The number of hydrogen-bond donors (Lipinski definition) is 2. The van der Waals surface area contributed by atoms with Crippen LogP contribution in [0.3, 0.4) is 0 Å². The van der Waals surface area contributed by atoms with Crippen molar-refractivity contribution in [2.75, 3.05) is 13.2 Å². The van der Waals surface area contributed by atoms with E-state index in [4.69, 9.17) is 9.47 Å². The highest BCUT2D eigenvalue weighted by Gasteiger charge is 2.40. The maximum atomic E-state index is 13.0. The topological polar surface area (TPSA) is 105 Å². The minimum absolute atomic E-state index is 0.216. The van der Waals surface area contributed by atoms with Crippen LogP contribution in [0.1, 0.15) is 52.7 Å². The van der Waals surface area contributed by atoms with Gasteiger partial charge in [-0.05, 0) is 48.1 Å². The van der Waals surface area contributed by atoms with E-state index in [0.29, 0.717) is 50.4 Å². The van der Waals surface area contributed by atoms with Crippen LogP contribution in [0.4, 0.5) is 0 Å². The molecular formula is C28H30N2O6. The van der Waals surface area contributed by atoms with Gasteiger partial charge in [0.15, 0.2) is 0 Å². The number of fused-ring (bicyclic) bond motifs is 1. The lowest BCUT2D eigenvalue weighted by Crippen LogP contribution is -2.52. The predicted octanol–water partition coefficient (Wildman–Crippen LogP) is 2.67. The molecule has 5 rings (SSSR count). The number of hydrogen-bond acceptors (Lipinski definition) is 6. The number of ether oxygens (including phenoxy) is 2. The lowest BCUT2D eigenvalue weighted by atomic mass is 9.96. The molecule has 2 aromatic rings. The molecule has 3 aliphatic heterocycles. The van der Waals surface area contributed by atoms with E-state index in [2.05, 4.69) is 11.4 Å². The van der Waals surface area contributed by atoms with Crippen molar-refractivity contribution in [3.8, 4) is 5.75 Å². The molecule has 3 heterocycles. The van der Waals surface area contributed by atoms with Crippen LogP contribution in [0.25, 0.3) is 0 Å². The first-order valence-corrected chi connectivity index (χ1v) is 12.4. The standard InChI is InChI=1S/C28H30N2O6/c31-24-12-14-35-13-2-3-20(24)15-18-6-8-19(9-7-18)17-36-25-5-1-4-21-22(25)16-30(28(21)34)23-10-11-26(32)29-27(23)33/h1,3-9,23-24,31H,2,10-17H2,(H,29,32,33)/b20-3+. The van der Waals surface area contributed by atoms with Crippen molar-refractivity contribution in [1.29, 1.82) is 0 Å². The molecule has 3 aliphatic rings. The Kier molecular flexibility index (Phi) is 7.16. The molecule has 2 aromatic carbocycles. The minimum Gasteiger partial charge on any atom is -0.489 e. The van der Waals surface area contributed by atoms with Crippen LogP contribution >= 0.6 is 0 Å². The Hall–Kier alpha value is -3.49. The predicted molar refractivity (Wildman–Crippen MR) is 131 cm³/mol. The van der Waals surface area contributed by atoms with Gasteiger partial charge in [-0.2, -0.15) is 0 Å². The molecule has 2 N–H and O–H groups in total. The first-order valence-electron chi connectivity index (χ1n) is 12.4. The van der Waals surface area contributed by atoms with E-state index < -0.39 is 18.1 Å². The Bertz CT molecular complexity index is 1190. The van der Waals surface area contributed by atoms with E-state index in [1.165, 1.54) is 4.90 Å². The van der Waals surface area contributed by atoms with Gasteiger partial charge in [0.2, 0.25) is 11.8 Å². The van der Waals surface area contributed by atoms with Gasteiger partial charge < -0.3 is 19.5 Å². The molecule has 36 heavy (non-hydrogen) atoms. The summed E-state index contributed by atoms with van der Waals surface area (Å²) in [7, 11) is 0. The number of amides is 3. The second kappa shape index (κ2) is 10.6. The summed E-state index contributed by atoms with van der Waals surface area (Å²) >= 11 is 0. The van der Waals surface area contributed by atoms with Crippen LogP contribution in [0.5, 0.6) is 5.75 Å². The number of aliphatic hydroxyl groups excluding tert-OH is 1. The van der Waals surface area contributed by atoms with E-state index in [0.717, 1.165) is 28.7 Å². The number of nitrogens with zero attached hydrogens (tertiary/aromatic N) is 1. The summed E-state index contributed by atoms with van der Waals surface area (Å²) in [6.07, 6.45) is 4.28. The lowest BCUT2D eigenvalue weighted by Gasteiger charge is -2.29. The molecule has 0 radical (unpaired) electrons. The van der Waals surface area contributed by atoms with Crippen molar-refractivity contribution < 1.29 is 29.0 Å². The SMILES string of the molecule is O=C1CCC(N2Cc3c(OCc4ccc(C/C5=C\CCOCCC5O)cc4)cccc3C2=O)C(=O)N1. The summed E-state index contributed by atoms with van der Waals surface area (Å²) in [4.78, 5) is 38.3.